The number of halogens is 2. The second-order valence-corrected chi connectivity index (χ2v) is 7.23. The van der Waals surface area contributed by atoms with Crippen LogP contribution in [0, 0.1) is 6.92 Å². The molecule has 0 atom stereocenters. The second-order valence-electron chi connectivity index (χ2n) is 6.39. The molecule has 0 fully saturated rings. The first kappa shape index (κ1) is 19.9. The van der Waals surface area contributed by atoms with Crippen LogP contribution in [0.2, 0.25) is 10.0 Å². The summed E-state index contributed by atoms with van der Waals surface area (Å²) in [4.78, 5) is 25.2. The van der Waals surface area contributed by atoms with Gasteiger partial charge in [0.2, 0.25) is 0 Å². The van der Waals surface area contributed by atoms with Gasteiger partial charge in [-0.3, -0.25) is 9.36 Å². The number of hydrogen-bond acceptors (Lipinski definition) is 5. The molecule has 0 saturated carbocycles. The molecule has 2 aromatic carbocycles. The molecule has 2 N–H and O–H groups in total. The Balaban J connectivity index is 1.45. The van der Waals surface area contributed by atoms with Gasteiger partial charge in [-0.05, 0) is 49.4 Å². The number of carbonyl (C=O) groups excluding carboxylic acids is 1. The molecule has 7 nitrogen and oxygen atoms in total. The molecule has 0 radical (unpaired) electrons. The topological polar surface area (TPSA) is 84.7 Å². The molecule has 0 aliphatic heterocycles. The maximum Gasteiger partial charge on any atom is 0.257 e. The van der Waals surface area contributed by atoms with Crippen molar-refractivity contribution in [1.29, 1.82) is 0 Å². The molecule has 0 unspecified atom stereocenters. The molecule has 1 amide bonds. The zero-order chi connectivity index (χ0) is 21.1. The van der Waals surface area contributed by atoms with Gasteiger partial charge in [0.25, 0.3) is 5.91 Å². The maximum atomic E-state index is 12.4. The molecule has 150 valence electrons. The van der Waals surface area contributed by atoms with Gasteiger partial charge in [0, 0.05) is 34.9 Å². The van der Waals surface area contributed by atoms with Crippen molar-refractivity contribution in [2.75, 3.05) is 10.6 Å². The molecule has 0 spiro atoms. The Labute approximate surface area is 182 Å². The number of rotatable bonds is 5. The highest BCUT2D eigenvalue weighted by molar-refractivity contribution is 6.37. The molecule has 9 heteroatoms. The third kappa shape index (κ3) is 4.42. The molecule has 0 aliphatic rings. The summed E-state index contributed by atoms with van der Waals surface area (Å²) < 4.78 is 1.87. The lowest BCUT2D eigenvalue weighted by Gasteiger charge is -2.10. The van der Waals surface area contributed by atoms with Crippen LogP contribution < -0.4 is 10.6 Å². The summed E-state index contributed by atoms with van der Waals surface area (Å²) in [5, 5.41) is 6.81. The van der Waals surface area contributed by atoms with E-state index in [4.69, 9.17) is 23.2 Å². The quantitative estimate of drug-likeness (QED) is 0.443. The number of aryl methyl sites for hydroxylation is 1. The van der Waals surface area contributed by atoms with Crippen molar-refractivity contribution in [3.8, 4) is 5.82 Å². The Kier molecular flexibility index (Phi) is 5.65. The van der Waals surface area contributed by atoms with E-state index in [1.807, 2.05) is 35.9 Å². The SMILES string of the molecule is Cc1nccn1-c1cc(Nc2ccc(NC(=O)c3ccc(Cl)cc3Cl)cc2)ncn1. The molecule has 4 aromatic rings. The minimum absolute atomic E-state index is 0.297. The van der Waals surface area contributed by atoms with Crippen molar-refractivity contribution < 1.29 is 4.79 Å². The highest BCUT2D eigenvalue weighted by Gasteiger charge is 2.11. The summed E-state index contributed by atoms with van der Waals surface area (Å²) >= 11 is 12.0. The number of anilines is 3. The molecule has 0 saturated heterocycles. The van der Waals surface area contributed by atoms with Crippen molar-refractivity contribution in [1.82, 2.24) is 19.5 Å². The standard InChI is InChI=1S/C21H16Cl2N6O/c1-13-24-8-9-29(13)20-11-19(25-12-26-20)27-15-3-5-16(6-4-15)28-21(30)17-7-2-14(22)10-18(17)23/h2-12H,1H3,(H,28,30)(H,25,26,27). The molecule has 4 rings (SSSR count). The summed E-state index contributed by atoms with van der Waals surface area (Å²) in [5.41, 5.74) is 1.80. The van der Waals surface area contributed by atoms with Crippen molar-refractivity contribution in [3.63, 3.8) is 0 Å². The van der Waals surface area contributed by atoms with Gasteiger partial charge in [-0.1, -0.05) is 23.2 Å². The number of amides is 1. The van der Waals surface area contributed by atoms with Crippen LogP contribution in [0.4, 0.5) is 17.2 Å². The fourth-order valence-corrected chi connectivity index (χ4v) is 3.32. The zero-order valence-electron chi connectivity index (χ0n) is 15.8. The Morgan fingerprint density at radius 2 is 1.73 bits per heavy atom. The third-order valence-corrected chi connectivity index (χ3v) is 4.86. The van der Waals surface area contributed by atoms with Gasteiger partial charge in [-0.25, -0.2) is 15.0 Å². The van der Waals surface area contributed by atoms with Gasteiger partial charge in [-0.15, -0.1) is 0 Å². The maximum absolute atomic E-state index is 12.4. The summed E-state index contributed by atoms with van der Waals surface area (Å²) in [6, 6.07) is 13.8. The summed E-state index contributed by atoms with van der Waals surface area (Å²) in [5.74, 6) is 1.87. The average molecular weight is 439 g/mol. The lowest BCUT2D eigenvalue weighted by molar-refractivity contribution is 0.102. The number of nitrogens with zero attached hydrogens (tertiary/aromatic N) is 4. The first-order valence-corrected chi connectivity index (χ1v) is 9.71. The number of nitrogens with one attached hydrogen (secondary N) is 2. The predicted octanol–water partition coefficient (Wildman–Crippen LogP) is 5.27. The van der Waals surface area contributed by atoms with Crippen LogP contribution in [0.3, 0.4) is 0 Å². The molecular formula is C21H16Cl2N6O. The van der Waals surface area contributed by atoms with E-state index in [2.05, 4.69) is 25.6 Å². The van der Waals surface area contributed by atoms with E-state index < -0.39 is 0 Å². The highest BCUT2D eigenvalue weighted by atomic mass is 35.5. The summed E-state index contributed by atoms with van der Waals surface area (Å²) in [6.45, 7) is 1.90. The number of hydrogen-bond donors (Lipinski definition) is 2. The fraction of sp³-hybridized carbons (Fsp3) is 0.0476. The van der Waals surface area contributed by atoms with Crippen LogP contribution in [-0.2, 0) is 0 Å². The highest BCUT2D eigenvalue weighted by Crippen LogP contribution is 2.23. The number of carbonyl (C=O) groups is 1. The van der Waals surface area contributed by atoms with E-state index >= 15 is 0 Å². The van der Waals surface area contributed by atoms with Gasteiger partial charge in [-0.2, -0.15) is 0 Å². The van der Waals surface area contributed by atoms with E-state index in [0.29, 0.717) is 32.9 Å². The summed E-state index contributed by atoms with van der Waals surface area (Å²) in [7, 11) is 0. The first-order chi connectivity index (χ1) is 14.5. The average Bonchev–Trinajstić information content (AvgIpc) is 3.15. The van der Waals surface area contributed by atoms with Crippen molar-refractivity contribution in [2.45, 2.75) is 6.92 Å². The van der Waals surface area contributed by atoms with Gasteiger partial charge >= 0.3 is 0 Å². The van der Waals surface area contributed by atoms with Crippen molar-refractivity contribution in [2.24, 2.45) is 0 Å². The molecular weight excluding hydrogens is 423 g/mol. The van der Waals surface area contributed by atoms with Crippen LogP contribution in [0.15, 0.2) is 67.3 Å². The number of benzene rings is 2. The largest absolute Gasteiger partial charge is 0.340 e. The van der Waals surface area contributed by atoms with Gasteiger partial charge < -0.3 is 10.6 Å². The van der Waals surface area contributed by atoms with E-state index in [0.717, 1.165) is 11.5 Å². The van der Waals surface area contributed by atoms with Crippen LogP contribution in [0.1, 0.15) is 16.2 Å². The fourth-order valence-electron chi connectivity index (χ4n) is 2.82. The molecule has 30 heavy (non-hydrogen) atoms. The molecule has 0 aliphatic carbocycles. The molecule has 2 aromatic heterocycles. The Morgan fingerprint density at radius 3 is 2.43 bits per heavy atom. The van der Waals surface area contributed by atoms with Crippen LogP contribution in [0.5, 0.6) is 0 Å². The minimum Gasteiger partial charge on any atom is -0.340 e. The van der Waals surface area contributed by atoms with Gasteiger partial charge in [0.05, 0.1) is 10.6 Å². The Bertz CT molecular complexity index is 1210. The Hall–Kier alpha value is -3.42. The normalized spacial score (nSPS) is 10.6. The number of imidazole rings is 1. The number of aromatic nitrogens is 4. The van der Waals surface area contributed by atoms with E-state index in [-0.39, 0.29) is 5.91 Å². The first-order valence-electron chi connectivity index (χ1n) is 8.95. The summed E-state index contributed by atoms with van der Waals surface area (Å²) in [6.07, 6.45) is 5.04. The predicted molar refractivity (Wildman–Crippen MR) is 118 cm³/mol. The lowest BCUT2D eigenvalue weighted by atomic mass is 10.2. The van der Waals surface area contributed by atoms with Gasteiger partial charge in [0.1, 0.15) is 23.8 Å². The van der Waals surface area contributed by atoms with Gasteiger partial charge in [0.15, 0.2) is 0 Å². The Morgan fingerprint density at radius 1 is 0.967 bits per heavy atom. The molecule has 2 heterocycles. The smallest absolute Gasteiger partial charge is 0.257 e. The van der Waals surface area contributed by atoms with Crippen molar-refractivity contribution in [3.05, 3.63) is 88.7 Å². The monoisotopic (exact) mass is 438 g/mol. The zero-order valence-corrected chi connectivity index (χ0v) is 17.3. The van der Waals surface area contributed by atoms with Crippen molar-refractivity contribution >= 4 is 46.3 Å². The molecule has 0 bridgehead atoms. The van der Waals surface area contributed by atoms with Crippen LogP contribution >= 0.6 is 23.2 Å². The van der Waals surface area contributed by atoms with Crippen LogP contribution in [0.25, 0.3) is 5.82 Å². The minimum atomic E-state index is -0.312. The second kappa shape index (κ2) is 8.52. The van der Waals surface area contributed by atoms with E-state index in [1.165, 1.54) is 12.4 Å². The van der Waals surface area contributed by atoms with E-state index in [9.17, 15) is 4.79 Å². The van der Waals surface area contributed by atoms with Crippen LogP contribution in [-0.4, -0.2) is 25.4 Å². The van der Waals surface area contributed by atoms with E-state index in [1.54, 1.807) is 30.5 Å². The third-order valence-electron chi connectivity index (χ3n) is 4.32. The lowest BCUT2D eigenvalue weighted by Crippen LogP contribution is -2.12.